The smallest absolute Gasteiger partial charge is 0.170 e. The molecule has 0 radical (unpaired) electrons. The van der Waals surface area contributed by atoms with Gasteiger partial charge < -0.3 is 15.5 Å². The van der Waals surface area contributed by atoms with Gasteiger partial charge in [0.05, 0.1) is 0 Å². The molecule has 1 aromatic carbocycles. The third-order valence-corrected chi connectivity index (χ3v) is 5.01. The Kier molecular flexibility index (Phi) is 5.54. The van der Waals surface area contributed by atoms with Gasteiger partial charge in [0.25, 0.3) is 0 Å². The molecule has 2 N–H and O–H groups in total. The molecule has 0 spiro atoms. The Bertz CT molecular complexity index is 474. The number of piperidine rings is 1. The van der Waals surface area contributed by atoms with Gasteiger partial charge in [-0.05, 0) is 68.6 Å². The molecule has 0 atom stereocenters. The van der Waals surface area contributed by atoms with Crippen molar-refractivity contribution in [2.75, 3.05) is 23.3 Å². The molecule has 0 aromatic heterocycles. The molecule has 1 heterocycles. The highest BCUT2D eigenvalue weighted by molar-refractivity contribution is 7.80. The van der Waals surface area contributed by atoms with Gasteiger partial charge in [-0.3, -0.25) is 0 Å². The summed E-state index contributed by atoms with van der Waals surface area (Å²) in [6.07, 6.45) is 10.5. The van der Waals surface area contributed by atoms with Gasteiger partial charge in [-0.25, -0.2) is 0 Å². The van der Waals surface area contributed by atoms with Gasteiger partial charge >= 0.3 is 0 Å². The molecule has 1 aromatic rings. The molecule has 4 heteroatoms. The zero-order chi connectivity index (χ0) is 15.2. The van der Waals surface area contributed by atoms with Gasteiger partial charge in [-0.2, -0.15) is 0 Å². The third kappa shape index (κ3) is 4.35. The summed E-state index contributed by atoms with van der Waals surface area (Å²) in [5.74, 6) is 0. The first kappa shape index (κ1) is 15.6. The van der Waals surface area contributed by atoms with Crippen molar-refractivity contribution in [3.8, 4) is 0 Å². The molecule has 2 aliphatic rings. The normalized spacial score (nSPS) is 19.7. The van der Waals surface area contributed by atoms with Gasteiger partial charge in [0.15, 0.2) is 5.11 Å². The average molecular weight is 318 g/mol. The fraction of sp³-hybridized carbons (Fsp3) is 0.611. The van der Waals surface area contributed by atoms with Crippen LogP contribution in [0.25, 0.3) is 0 Å². The first-order valence-electron chi connectivity index (χ1n) is 8.74. The van der Waals surface area contributed by atoms with E-state index < -0.39 is 0 Å². The van der Waals surface area contributed by atoms with E-state index in [0.29, 0.717) is 6.04 Å². The van der Waals surface area contributed by atoms with Crippen LogP contribution < -0.4 is 15.5 Å². The van der Waals surface area contributed by atoms with Crippen LogP contribution in [-0.4, -0.2) is 24.2 Å². The van der Waals surface area contributed by atoms with E-state index in [0.717, 1.165) is 10.8 Å². The average Bonchev–Trinajstić information content (AvgIpc) is 2.57. The van der Waals surface area contributed by atoms with Crippen LogP contribution in [0.4, 0.5) is 11.4 Å². The van der Waals surface area contributed by atoms with Gasteiger partial charge in [0, 0.05) is 30.5 Å². The fourth-order valence-electron chi connectivity index (χ4n) is 3.51. The largest absolute Gasteiger partial charge is 0.372 e. The van der Waals surface area contributed by atoms with Crippen LogP contribution in [0.1, 0.15) is 51.4 Å². The van der Waals surface area contributed by atoms with E-state index in [1.807, 2.05) is 0 Å². The number of nitrogens with one attached hydrogen (secondary N) is 2. The summed E-state index contributed by atoms with van der Waals surface area (Å²) in [7, 11) is 0. The number of rotatable bonds is 3. The maximum Gasteiger partial charge on any atom is 0.170 e. The molecule has 3 rings (SSSR count). The highest BCUT2D eigenvalue weighted by atomic mass is 32.1. The van der Waals surface area contributed by atoms with Crippen molar-refractivity contribution in [1.29, 1.82) is 0 Å². The quantitative estimate of drug-likeness (QED) is 0.813. The molecule has 0 amide bonds. The first-order valence-corrected chi connectivity index (χ1v) is 9.14. The van der Waals surface area contributed by atoms with E-state index in [1.165, 1.54) is 70.1 Å². The van der Waals surface area contributed by atoms with Crippen molar-refractivity contribution in [1.82, 2.24) is 5.32 Å². The van der Waals surface area contributed by atoms with Gasteiger partial charge in [-0.1, -0.05) is 19.3 Å². The molecule has 1 aliphatic heterocycles. The SMILES string of the molecule is S=C(Nc1ccc(N2CCCCC2)cc1)NC1CCCCC1. The lowest BCUT2D eigenvalue weighted by Gasteiger charge is -2.29. The molecule has 22 heavy (non-hydrogen) atoms. The summed E-state index contributed by atoms with van der Waals surface area (Å²) in [5.41, 5.74) is 2.41. The number of thiocarbonyl (C=S) groups is 1. The molecule has 0 bridgehead atoms. The molecule has 1 saturated heterocycles. The van der Waals surface area contributed by atoms with Gasteiger partial charge in [0.1, 0.15) is 0 Å². The highest BCUT2D eigenvalue weighted by Crippen LogP contribution is 2.22. The van der Waals surface area contributed by atoms with E-state index in [2.05, 4.69) is 39.8 Å². The summed E-state index contributed by atoms with van der Waals surface area (Å²) in [6, 6.07) is 9.24. The molecular weight excluding hydrogens is 290 g/mol. The minimum Gasteiger partial charge on any atom is -0.372 e. The minimum absolute atomic E-state index is 0.557. The molecular formula is C18H27N3S. The summed E-state index contributed by atoms with van der Waals surface area (Å²) >= 11 is 5.44. The van der Waals surface area contributed by atoms with E-state index in [4.69, 9.17) is 12.2 Å². The zero-order valence-corrected chi connectivity index (χ0v) is 14.1. The maximum atomic E-state index is 5.44. The highest BCUT2D eigenvalue weighted by Gasteiger charge is 2.14. The molecule has 0 unspecified atom stereocenters. The lowest BCUT2D eigenvalue weighted by atomic mass is 9.96. The van der Waals surface area contributed by atoms with Crippen molar-refractivity contribution in [3.63, 3.8) is 0 Å². The summed E-state index contributed by atoms with van der Waals surface area (Å²) < 4.78 is 0. The number of hydrogen-bond donors (Lipinski definition) is 2. The van der Waals surface area contributed by atoms with Crippen LogP contribution in [-0.2, 0) is 0 Å². The van der Waals surface area contributed by atoms with Crippen LogP contribution >= 0.6 is 12.2 Å². The lowest BCUT2D eigenvalue weighted by Crippen LogP contribution is -2.38. The Morgan fingerprint density at radius 1 is 0.909 bits per heavy atom. The van der Waals surface area contributed by atoms with E-state index in [-0.39, 0.29) is 0 Å². The predicted molar refractivity (Wildman–Crippen MR) is 98.7 cm³/mol. The van der Waals surface area contributed by atoms with Gasteiger partial charge in [-0.15, -0.1) is 0 Å². The van der Waals surface area contributed by atoms with Crippen molar-refractivity contribution in [2.45, 2.75) is 57.4 Å². The molecule has 3 nitrogen and oxygen atoms in total. The number of benzene rings is 1. The summed E-state index contributed by atoms with van der Waals surface area (Å²) in [5, 5.41) is 7.54. The Morgan fingerprint density at radius 2 is 1.55 bits per heavy atom. The summed E-state index contributed by atoms with van der Waals surface area (Å²) in [6.45, 7) is 2.38. The van der Waals surface area contributed by atoms with E-state index in [9.17, 15) is 0 Å². The third-order valence-electron chi connectivity index (χ3n) is 4.79. The molecule has 1 saturated carbocycles. The van der Waals surface area contributed by atoms with Crippen LogP contribution in [0.15, 0.2) is 24.3 Å². The second kappa shape index (κ2) is 7.82. The summed E-state index contributed by atoms with van der Waals surface area (Å²) in [4.78, 5) is 2.48. The second-order valence-corrected chi connectivity index (χ2v) is 6.94. The predicted octanol–water partition coefficient (Wildman–Crippen LogP) is 4.30. The maximum absolute atomic E-state index is 5.44. The Labute approximate surface area is 139 Å². The topological polar surface area (TPSA) is 27.3 Å². The van der Waals surface area contributed by atoms with E-state index >= 15 is 0 Å². The van der Waals surface area contributed by atoms with Crippen LogP contribution in [0.5, 0.6) is 0 Å². The number of hydrogen-bond acceptors (Lipinski definition) is 2. The molecule has 2 fully saturated rings. The van der Waals surface area contributed by atoms with Crippen molar-refractivity contribution in [2.24, 2.45) is 0 Å². The van der Waals surface area contributed by atoms with E-state index in [1.54, 1.807) is 0 Å². The lowest BCUT2D eigenvalue weighted by molar-refractivity contribution is 0.415. The minimum atomic E-state index is 0.557. The Hall–Kier alpha value is -1.29. The first-order chi connectivity index (χ1) is 10.8. The Morgan fingerprint density at radius 3 is 2.23 bits per heavy atom. The number of nitrogens with zero attached hydrogens (tertiary/aromatic N) is 1. The van der Waals surface area contributed by atoms with Gasteiger partial charge in [0.2, 0.25) is 0 Å². The fourth-order valence-corrected chi connectivity index (χ4v) is 3.79. The standard InChI is InChI=1S/C18H27N3S/c22-18(19-15-7-3-1-4-8-15)20-16-9-11-17(12-10-16)21-13-5-2-6-14-21/h9-12,15H,1-8,13-14H2,(H2,19,20,22). The van der Waals surface area contributed by atoms with Crippen LogP contribution in [0.3, 0.4) is 0 Å². The zero-order valence-electron chi connectivity index (χ0n) is 13.3. The van der Waals surface area contributed by atoms with Crippen molar-refractivity contribution < 1.29 is 0 Å². The number of anilines is 2. The second-order valence-electron chi connectivity index (χ2n) is 6.53. The van der Waals surface area contributed by atoms with Crippen LogP contribution in [0.2, 0.25) is 0 Å². The van der Waals surface area contributed by atoms with Crippen molar-refractivity contribution >= 4 is 28.7 Å². The Balaban J connectivity index is 1.50. The molecule has 1 aliphatic carbocycles. The van der Waals surface area contributed by atoms with Crippen LogP contribution in [0, 0.1) is 0 Å². The molecule has 120 valence electrons. The van der Waals surface area contributed by atoms with Crippen molar-refractivity contribution in [3.05, 3.63) is 24.3 Å². The monoisotopic (exact) mass is 317 g/mol.